The largest absolute Gasteiger partial charge is 0.491 e. The first-order valence-electron chi connectivity index (χ1n) is 42.3. The van der Waals surface area contributed by atoms with Crippen molar-refractivity contribution in [3.05, 3.63) is 346 Å². The van der Waals surface area contributed by atoms with E-state index in [1.807, 2.05) is 12.1 Å². The molecule has 121 heavy (non-hydrogen) atoms. The first-order chi connectivity index (χ1) is 59.9. The Morgan fingerprint density at radius 3 is 0.661 bits per heavy atom. The van der Waals surface area contributed by atoms with Crippen LogP contribution in [0.25, 0.3) is 33.4 Å². The van der Waals surface area contributed by atoms with Crippen molar-refractivity contribution >= 4 is 0 Å². The van der Waals surface area contributed by atoms with E-state index in [0.29, 0.717) is 115 Å². The number of ether oxygens (including phenoxy) is 18. The van der Waals surface area contributed by atoms with Crippen LogP contribution in [0.2, 0.25) is 0 Å². The molecule has 18 heteroatoms. The maximum Gasteiger partial charge on any atom is 0.161 e. The number of epoxide rings is 8. The highest BCUT2D eigenvalue weighted by atomic mass is 16.6. The Labute approximate surface area is 703 Å². The maximum atomic E-state index is 6.38. The summed E-state index contributed by atoms with van der Waals surface area (Å²) in [6.07, 6.45) is 1.50. The summed E-state index contributed by atoms with van der Waals surface area (Å²) in [5.41, 5.74) is 20.4. The molecule has 8 heterocycles. The van der Waals surface area contributed by atoms with Crippen LogP contribution in [-0.4, -0.2) is 181 Å². The van der Waals surface area contributed by atoms with Crippen LogP contribution in [0.1, 0.15) is 66.8 Å². The Morgan fingerprint density at radius 2 is 0.405 bits per heavy atom. The van der Waals surface area contributed by atoms with Crippen LogP contribution in [0.3, 0.4) is 0 Å². The van der Waals surface area contributed by atoms with Crippen molar-refractivity contribution in [2.75, 3.05) is 132 Å². The molecular weight excluding hydrogens is 1530 g/mol. The molecule has 0 spiro atoms. The van der Waals surface area contributed by atoms with Gasteiger partial charge in [0, 0.05) is 0 Å². The molecule has 8 saturated heterocycles. The topological polar surface area (TPSA) is 193 Å². The van der Waals surface area contributed by atoms with Gasteiger partial charge in [0.15, 0.2) is 23.0 Å². The van der Waals surface area contributed by atoms with Crippen LogP contribution < -0.4 is 37.9 Å². The number of fused-ring (bicyclic) bond motifs is 9. The van der Waals surface area contributed by atoms with E-state index >= 15 is 0 Å². The first-order valence-corrected chi connectivity index (χ1v) is 42.3. The Morgan fingerprint density at radius 1 is 0.198 bits per heavy atom. The summed E-state index contributed by atoms with van der Waals surface area (Å²) in [5.74, 6) is 6.17. The molecular formula is C103H94O18. The van der Waals surface area contributed by atoms with Crippen LogP contribution in [0.15, 0.2) is 279 Å². The van der Waals surface area contributed by atoms with Crippen molar-refractivity contribution in [2.45, 2.75) is 65.1 Å². The van der Waals surface area contributed by atoms with Gasteiger partial charge in [-0.3, -0.25) is 0 Å². The van der Waals surface area contributed by atoms with Crippen LogP contribution in [-0.2, 0) is 63.6 Å². The summed E-state index contributed by atoms with van der Waals surface area (Å²) in [6, 6.07) is 99.1. The summed E-state index contributed by atoms with van der Waals surface area (Å²) in [7, 11) is 0. The molecule has 8 fully saturated rings. The van der Waals surface area contributed by atoms with Crippen molar-refractivity contribution in [2.24, 2.45) is 0 Å². The van der Waals surface area contributed by atoms with Crippen LogP contribution in [0, 0.1) is 0 Å². The summed E-state index contributed by atoms with van der Waals surface area (Å²) in [5, 5.41) is 0. The average molecular weight is 1620 g/mol. The van der Waals surface area contributed by atoms with Gasteiger partial charge in [0.05, 0.1) is 95.5 Å². The molecule has 3 aliphatic carbocycles. The number of benzene rings is 12. The SMILES string of the molecule is c1ccc2c(c1)-c1ccccc1C2(c1ccc(OCC2CO2)c(OCC2CO2)c1)c1ccc(OCC2CO2)c(OCC2CO2)c1.c1ccc2c(c1)-c1ccccc1C2(c1ccc(OCC2CO2)cc1)c1ccc(OCC2CO2)cc1.c1ccc2c(c1)-c1ccccc1C2(c1ccc(OCCOCC2CO2)cc1)c1ccc(OCCOCC2CO2)cc1. The zero-order valence-electron chi connectivity index (χ0n) is 67.2. The molecule has 0 saturated carbocycles. The normalized spacial score (nSPS) is 21.5. The molecule has 0 radical (unpaired) electrons. The predicted octanol–water partition coefficient (Wildman–Crippen LogP) is 16.4. The van der Waals surface area contributed by atoms with Gasteiger partial charge in [-0.2, -0.15) is 0 Å². The molecule has 11 aliphatic rings. The zero-order chi connectivity index (χ0) is 80.5. The van der Waals surface area contributed by atoms with Gasteiger partial charge in [-0.1, -0.05) is 206 Å². The minimum absolute atomic E-state index is 0.110. The van der Waals surface area contributed by atoms with Crippen molar-refractivity contribution in [1.29, 1.82) is 0 Å². The molecule has 23 rings (SSSR count). The van der Waals surface area contributed by atoms with Crippen molar-refractivity contribution in [1.82, 2.24) is 0 Å². The second-order valence-electron chi connectivity index (χ2n) is 32.3. The van der Waals surface area contributed by atoms with Gasteiger partial charge >= 0.3 is 0 Å². The fourth-order valence-corrected chi connectivity index (χ4v) is 17.5. The highest BCUT2D eigenvalue weighted by Crippen LogP contribution is 2.61. The van der Waals surface area contributed by atoms with Crippen LogP contribution >= 0.6 is 0 Å². The van der Waals surface area contributed by atoms with Crippen LogP contribution in [0.5, 0.6) is 46.0 Å². The van der Waals surface area contributed by atoms with E-state index < -0.39 is 16.2 Å². The van der Waals surface area contributed by atoms with E-state index in [1.165, 1.54) is 89.0 Å². The molecule has 8 unspecified atom stereocenters. The summed E-state index contributed by atoms with van der Waals surface area (Å²) < 4.78 is 103. The van der Waals surface area contributed by atoms with Crippen LogP contribution in [0.4, 0.5) is 0 Å². The zero-order valence-corrected chi connectivity index (χ0v) is 67.2. The minimum Gasteiger partial charge on any atom is -0.491 e. The van der Waals surface area contributed by atoms with Gasteiger partial charge in [0.2, 0.25) is 0 Å². The van der Waals surface area contributed by atoms with E-state index in [0.717, 1.165) is 73.8 Å². The second kappa shape index (κ2) is 33.9. The minimum atomic E-state index is -0.661. The van der Waals surface area contributed by atoms with Crippen molar-refractivity contribution in [3.8, 4) is 79.4 Å². The smallest absolute Gasteiger partial charge is 0.161 e. The number of hydrogen-bond donors (Lipinski definition) is 0. The molecule has 8 aliphatic heterocycles. The van der Waals surface area contributed by atoms with Gasteiger partial charge in [-0.25, -0.2) is 0 Å². The quantitative estimate of drug-likeness (QED) is 0.0266. The van der Waals surface area contributed by atoms with E-state index in [9.17, 15) is 0 Å². The lowest BCUT2D eigenvalue weighted by Gasteiger charge is -2.34. The van der Waals surface area contributed by atoms with Gasteiger partial charge < -0.3 is 85.3 Å². The third-order valence-electron chi connectivity index (χ3n) is 24.1. The Kier molecular flexibility index (Phi) is 21.6. The lowest BCUT2D eigenvalue weighted by atomic mass is 9.67. The highest BCUT2D eigenvalue weighted by molar-refractivity contribution is 5.89. The van der Waals surface area contributed by atoms with Gasteiger partial charge in [-0.05, 0) is 173 Å². The van der Waals surface area contributed by atoms with E-state index in [-0.39, 0.29) is 48.8 Å². The molecule has 0 bridgehead atoms. The second-order valence-corrected chi connectivity index (χ2v) is 32.3. The monoisotopic (exact) mass is 1620 g/mol. The lowest BCUT2D eigenvalue weighted by molar-refractivity contribution is 0.0878. The third-order valence-corrected chi connectivity index (χ3v) is 24.1. The lowest BCUT2D eigenvalue weighted by Crippen LogP contribution is -2.29. The number of rotatable bonds is 36. The standard InChI is InChI=1S/C37H34O8.C35H34O6.C31H26O4/c1-3-7-31-29(5-1)30-6-2-4-8-32(30)37(31,23-9-11-33(42-19-25-15-38-25)35(13-23)44-21-27-17-40-27)24-10-12-34(43-20-26-16-39-26)36(14-24)45-22-28-18-41-28;1-3-7-33-31(5-1)32-6-2-4-8-34(32)35(33,25-9-13-27(14-10-25)38-19-17-36-21-29-23-40-29)26-11-15-28(16-12-26)39-20-18-37-22-30-24-41-30;1-3-7-29-27(5-1)28-6-2-4-8-30(28)31(29,21-9-13-23(14-10-21)32-17-25-19-34-25)22-11-15-24(16-12-22)33-18-26-20-35-26/h1-14,25-28H,15-22H2;1-16,29-30H,17-24H2;1-16,25-26H,17-20H2. The number of hydrogen-bond acceptors (Lipinski definition) is 18. The third kappa shape index (κ3) is 16.4. The fraction of sp³-hybridized carbons (Fsp3) is 0.301. The van der Waals surface area contributed by atoms with Crippen molar-refractivity contribution in [3.63, 3.8) is 0 Å². The Balaban J connectivity index is 0.000000113. The Hall–Kier alpha value is -11.4. The fourth-order valence-electron chi connectivity index (χ4n) is 17.5. The summed E-state index contributed by atoms with van der Waals surface area (Å²) >= 11 is 0. The maximum absolute atomic E-state index is 6.38. The predicted molar refractivity (Wildman–Crippen MR) is 455 cm³/mol. The van der Waals surface area contributed by atoms with E-state index in [4.69, 9.17) is 85.3 Å². The average Bonchev–Trinajstić information content (AvgIpc) is 1.54. The van der Waals surface area contributed by atoms with E-state index in [2.05, 4.69) is 267 Å². The molecule has 0 amide bonds. The molecule has 0 aromatic heterocycles. The molecule has 614 valence electrons. The summed E-state index contributed by atoms with van der Waals surface area (Å²) in [4.78, 5) is 0. The van der Waals surface area contributed by atoms with Gasteiger partial charge in [0.1, 0.15) is 125 Å². The van der Waals surface area contributed by atoms with E-state index in [1.54, 1.807) is 0 Å². The first kappa shape index (κ1) is 77.0. The molecule has 18 nitrogen and oxygen atoms in total. The molecule has 8 atom stereocenters. The van der Waals surface area contributed by atoms with Gasteiger partial charge in [0.25, 0.3) is 0 Å². The van der Waals surface area contributed by atoms with Crippen molar-refractivity contribution < 1.29 is 85.3 Å². The van der Waals surface area contributed by atoms with Gasteiger partial charge in [-0.15, -0.1) is 0 Å². The summed E-state index contributed by atoms with van der Waals surface area (Å²) in [6.45, 7) is 12.6. The molecule has 12 aromatic rings. The highest BCUT2D eigenvalue weighted by Gasteiger charge is 2.50. The molecule has 0 N–H and O–H groups in total. The molecule has 12 aromatic carbocycles. The Bertz CT molecular complexity index is 5280.